The van der Waals surface area contributed by atoms with Gasteiger partial charge >= 0.3 is 0 Å². The largest absolute Gasteiger partial charge is 0.381 e. The molecule has 1 saturated heterocycles. The van der Waals surface area contributed by atoms with Gasteiger partial charge in [-0.25, -0.2) is 22.3 Å². The van der Waals surface area contributed by atoms with Crippen LogP contribution in [0.2, 0.25) is 0 Å². The van der Waals surface area contributed by atoms with Gasteiger partial charge in [-0.3, -0.25) is 4.79 Å². The Labute approximate surface area is 120 Å². The lowest BCUT2D eigenvalue weighted by molar-refractivity contribution is 0.0939. The molecular formula is C12H14F2N2O4S. The quantitative estimate of drug-likeness (QED) is 0.838. The van der Waals surface area contributed by atoms with Gasteiger partial charge in [-0.2, -0.15) is 0 Å². The molecule has 1 aliphatic rings. The summed E-state index contributed by atoms with van der Waals surface area (Å²) in [6, 6.07) is 1.15. The summed E-state index contributed by atoms with van der Waals surface area (Å²) in [4.78, 5) is 11.2. The molecule has 0 saturated carbocycles. The summed E-state index contributed by atoms with van der Waals surface area (Å²) in [6.45, 7) is 1.30. The second-order valence-corrected chi connectivity index (χ2v) is 6.31. The number of nitrogens with two attached hydrogens (primary N) is 1. The summed E-state index contributed by atoms with van der Waals surface area (Å²) in [5.41, 5.74) is -0.696. The van der Waals surface area contributed by atoms with Gasteiger partial charge in [0.05, 0.1) is 17.1 Å². The van der Waals surface area contributed by atoms with Gasteiger partial charge in [-0.05, 0) is 18.6 Å². The molecule has 116 valence electrons. The second kappa shape index (κ2) is 6.04. The number of hydrogen-bond acceptors (Lipinski definition) is 4. The average Bonchev–Trinajstić information content (AvgIpc) is 2.91. The highest BCUT2D eigenvalue weighted by Crippen LogP contribution is 2.18. The van der Waals surface area contributed by atoms with Crippen molar-refractivity contribution >= 4 is 15.9 Å². The number of amides is 1. The van der Waals surface area contributed by atoms with E-state index in [4.69, 9.17) is 9.88 Å². The third-order valence-corrected chi connectivity index (χ3v) is 4.04. The number of rotatable bonds is 4. The maximum atomic E-state index is 13.6. The smallest absolute Gasteiger partial charge is 0.254 e. The lowest BCUT2D eigenvalue weighted by Crippen LogP contribution is -2.30. The molecule has 1 aliphatic heterocycles. The zero-order valence-electron chi connectivity index (χ0n) is 10.9. The molecule has 0 spiro atoms. The number of hydrogen-bond donors (Lipinski definition) is 2. The number of sulfonamides is 1. The molecule has 6 nitrogen and oxygen atoms in total. The van der Waals surface area contributed by atoms with Crippen LogP contribution in [-0.2, 0) is 14.8 Å². The molecule has 1 aromatic carbocycles. The van der Waals surface area contributed by atoms with Gasteiger partial charge in [0, 0.05) is 19.1 Å². The van der Waals surface area contributed by atoms with E-state index in [1.165, 1.54) is 0 Å². The van der Waals surface area contributed by atoms with E-state index in [1.807, 2.05) is 0 Å². The van der Waals surface area contributed by atoms with Crippen LogP contribution in [0.5, 0.6) is 0 Å². The van der Waals surface area contributed by atoms with E-state index in [2.05, 4.69) is 5.32 Å². The molecule has 9 heteroatoms. The normalized spacial score (nSPS) is 18.7. The number of halogens is 2. The van der Waals surface area contributed by atoms with Crippen molar-refractivity contribution in [1.82, 2.24) is 5.32 Å². The molecule has 0 bridgehead atoms. The van der Waals surface area contributed by atoms with Crippen molar-refractivity contribution in [1.29, 1.82) is 0 Å². The Kier molecular flexibility index (Phi) is 4.55. The Morgan fingerprint density at radius 1 is 1.43 bits per heavy atom. The molecule has 1 amide bonds. The summed E-state index contributed by atoms with van der Waals surface area (Å²) >= 11 is 0. The summed E-state index contributed by atoms with van der Waals surface area (Å²) in [6.07, 6.45) is 0.758. The number of benzene rings is 1. The fourth-order valence-corrected chi connectivity index (χ4v) is 2.52. The van der Waals surface area contributed by atoms with Crippen molar-refractivity contribution in [2.75, 3.05) is 19.8 Å². The highest BCUT2D eigenvalue weighted by molar-refractivity contribution is 7.89. The third-order valence-electron chi connectivity index (χ3n) is 3.15. The number of nitrogens with one attached hydrogen (secondary N) is 1. The molecule has 3 N–H and O–H groups in total. The fraction of sp³-hybridized carbons (Fsp3) is 0.417. The number of primary sulfonamides is 1. The first-order chi connectivity index (χ1) is 9.79. The Morgan fingerprint density at radius 3 is 2.71 bits per heavy atom. The van der Waals surface area contributed by atoms with Crippen LogP contribution in [0.15, 0.2) is 17.0 Å². The molecule has 1 unspecified atom stereocenters. The van der Waals surface area contributed by atoms with Gasteiger partial charge in [-0.15, -0.1) is 0 Å². The lowest BCUT2D eigenvalue weighted by atomic mass is 10.1. The minimum absolute atomic E-state index is 0.100. The summed E-state index contributed by atoms with van der Waals surface area (Å²) in [7, 11) is -4.24. The van der Waals surface area contributed by atoms with Crippen molar-refractivity contribution in [3.63, 3.8) is 0 Å². The van der Waals surface area contributed by atoms with Crippen molar-refractivity contribution in [2.24, 2.45) is 11.1 Å². The van der Waals surface area contributed by atoms with Crippen LogP contribution in [0.25, 0.3) is 0 Å². The van der Waals surface area contributed by atoms with Crippen LogP contribution in [0.1, 0.15) is 16.8 Å². The van der Waals surface area contributed by atoms with Gasteiger partial charge < -0.3 is 10.1 Å². The average molecular weight is 320 g/mol. The first kappa shape index (κ1) is 15.8. The maximum Gasteiger partial charge on any atom is 0.254 e. The molecule has 1 fully saturated rings. The van der Waals surface area contributed by atoms with Crippen LogP contribution in [0.3, 0.4) is 0 Å². The van der Waals surface area contributed by atoms with E-state index in [0.717, 1.165) is 6.42 Å². The highest BCUT2D eigenvalue weighted by Gasteiger charge is 2.22. The number of carbonyl (C=O) groups is 1. The van der Waals surface area contributed by atoms with E-state index >= 15 is 0 Å². The van der Waals surface area contributed by atoms with Crippen LogP contribution in [0, 0.1) is 17.6 Å². The molecule has 1 aromatic rings. The summed E-state index contributed by atoms with van der Waals surface area (Å²) in [5.74, 6) is -3.66. The molecule has 1 atom stereocenters. The fourth-order valence-electron chi connectivity index (χ4n) is 1.97. The van der Waals surface area contributed by atoms with Crippen LogP contribution in [0.4, 0.5) is 8.78 Å². The predicted octanol–water partition coefficient (Wildman–Crippen LogP) is 0.378. The van der Waals surface area contributed by atoms with E-state index in [9.17, 15) is 22.0 Å². The van der Waals surface area contributed by atoms with E-state index in [-0.39, 0.29) is 12.5 Å². The van der Waals surface area contributed by atoms with Crippen molar-refractivity contribution in [3.05, 3.63) is 29.3 Å². The lowest BCUT2D eigenvalue weighted by Gasteiger charge is -2.11. The SMILES string of the molecule is NS(=O)(=O)c1cc(F)c(F)c(C(=O)NCC2CCOC2)c1. The molecule has 0 aliphatic carbocycles. The Balaban J connectivity index is 2.21. The molecule has 21 heavy (non-hydrogen) atoms. The van der Waals surface area contributed by atoms with Gasteiger partial charge in [0.25, 0.3) is 5.91 Å². The first-order valence-electron chi connectivity index (χ1n) is 6.17. The Morgan fingerprint density at radius 2 is 2.14 bits per heavy atom. The number of ether oxygens (including phenoxy) is 1. The predicted molar refractivity (Wildman–Crippen MR) is 69.0 cm³/mol. The zero-order chi connectivity index (χ0) is 15.6. The Hall–Kier alpha value is -1.58. The second-order valence-electron chi connectivity index (χ2n) is 4.75. The summed E-state index contributed by atoms with van der Waals surface area (Å²) in [5, 5.41) is 7.28. The molecule has 0 radical (unpaired) electrons. The maximum absolute atomic E-state index is 13.6. The topological polar surface area (TPSA) is 98.5 Å². The van der Waals surface area contributed by atoms with Gasteiger partial charge in [0.1, 0.15) is 0 Å². The monoisotopic (exact) mass is 320 g/mol. The highest BCUT2D eigenvalue weighted by atomic mass is 32.2. The van der Waals surface area contributed by atoms with Gasteiger partial charge in [0.2, 0.25) is 10.0 Å². The van der Waals surface area contributed by atoms with E-state index in [1.54, 1.807) is 0 Å². The van der Waals surface area contributed by atoms with E-state index in [0.29, 0.717) is 25.3 Å². The van der Waals surface area contributed by atoms with Crippen LogP contribution >= 0.6 is 0 Å². The standard InChI is InChI=1S/C12H14F2N2O4S/c13-10-4-8(21(15,18)19)3-9(11(10)14)12(17)16-5-7-1-2-20-6-7/h3-4,7H,1-2,5-6H2,(H,16,17)(H2,15,18,19). The molecular weight excluding hydrogens is 306 g/mol. The van der Waals surface area contributed by atoms with Crippen LogP contribution < -0.4 is 10.5 Å². The molecule has 1 heterocycles. The minimum atomic E-state index is -4.24. The summed E-state index contributed by atoms with van der Waals surface area (Å²) < 4.78 is 54.5. The Bertz CT molecular complexity index is 657. The van der Waals surface area contributed by atoms with Crippen LogP contribution in [-0.4, -0.2) is 34.1 Å². The van der Waals surface area contributed by atoms with Gasteiger partial charge in [0.15, 0.2) is 11.6 Å². The van der Waals surface area contributed by atoms with Crippen molar-refractivity contribution in [3.8, 4) is 0 Å². The number of carbonyl (C=O) groups excluding carboxylic acids is 1. The first-order valence-corrected chi connectivity index (χ1v) is 7.71. The van der Waals surface area contributed by atoms with E-state index < -0.39 is 38.0 Å². The van der Waals surface area contributed by atoms with Crippen molar-refractivity contribution < 1.29 is 26.7 Å². The molecule has 2 rings (SSSR count). The molecule has 0 aromatic heterocycles. The third kappa shape index (κ3) is 3.74. The van der Waals surface area contributed by atoms with Crippen molar-refractivity contribution in [2.45, 2.75) is 11.3 Å². The minimum Gasteiger partial charge on any atom is -0.381 e. The van der Waals surface area contributed by atoms with Gasteiger partial charge in [-0.1, -0.05) is 0 Å². The zero-order valence-corrected chi connectivity index (χ0v) is 11.8.